The van der Waals surface area contributed by atoms with Gasteiger partial charge >= 0.3 is 0 Å². The lowest BCUT2D eigenvalue weighted by Gasteiger charge is -2.21. The quantitative estimate of drug-likeness (QED) is 0.787. The van der Waals surface area contributed by atoms with E-state index in [2.05, 4.69) is 0 Å². The number of hydrogen-bond donors (Lipinski definition) is 1. The van der Waals surface area contributed by atoms with Gasteiger partial charge in [0.15, 0.2) is 5.75 Å². The zero-order chi connectivity index (χ0) is 14.3. The number of benzene rings is 1. The molecule has 6 heteroatoms. The van der Waals surface area contributed by atoms with E-state index >= 15 is 0 Å². The first-order valence-corrected chi connectivity index (χ1v) is 6.68. The van der Waals surface area contributed by atoms with E-state index in [1.165, 1.54) is 0 Å². The number of rotatable bonds is 7. The average molecular weight is 303 g/mol. The van der Waals surface area contributed by atoms with Crippen LogP contribution in [0.5, 0.6) is 5.75 Å². The smallest absolute Gasteiger partial charge is 0.156 e. The number of aliphatic hydroxyl groups is 1. The summed E-state index contributed by atoms with van der Waals surface area (Å²) in [5.41, 5.74) is 0. The molecule has 0 bridgehead atoms. The summed E-state index contributed by atoms with van der Waals surface area (Å²) in [6.07, 6.45) is -0.708. The molecule has 0 fully saturated rings. The Morgan fingerprint density at radius 3 is 2.58 bits per heavy atom. The summed E-state index contributed by atoms with van der Waals surface area (Å²) in [5.74, 6) is 0.369. The summed E-state index contributed by atoms with van der Waals surface area (Å²) in [4.78, 5) is 1.82. The highest BCUT2D eigenvalue weighted by atomic mass is 35.5. The van der Waals surface area contributed by atoms with E-state index in [4.69, 9.17) is 33.2 Å². The van der Waals surface area contributed by atoms with Crippen LogP contribution in [0, 0.1) is 11.3 Å². The SMILES string of the molecule is CCN(CC#N)CC(O)COc1c(Cl)cccc1Cl. The lowest BCUT2D eigenvalue weighted by Crippen LogP contribution is -2.35. The van der Waals surface area contributed by atoms with Crippen molar-refractivity contribution in [2.45, 2.75) is 13.0 Å². The lowest BCUT2D eigenvalue weighted by atomic mass is 10.3. The molecule has 0 saturated carbocycles. The molecule has 1 aromatic carbocycles. The van der Waals surface area contributed by atoms with Crippen LogP contribution in [0.3, 0.4) is 0 Å². The summed E-state index contributed by atoms with van der Waals surface area (Å²) < 4.78 is 5.43. The molecule has 1 rings (SSSR count). The van der Waals surface area contributed by atoms with Crippen LogP contribution in [0.4, 0.5) is 0 Å². The van der Waals surface area contributed by atoms with Gasteiger partial charge in [-0.05, 0) is 18.7 Å². The van der Waals surface area contributed by atoms with Crippen LogP contribution in [0.25, 0.3) is 0 Å². The molecule has 0 aliphatic heterocycles. The van der Waals surface area contributed by atoms with E-state index in [1.807, 2.05) is 17.9 Å². The van der Waals surface area contributed by atoms with Crippen LogP contribution < -0.4 is 4.74 Å². The van der Waals surface area contributed by atoms with Gasteiger partial charge < -0.3 is 9.84 Å². The highest BCUT2D eigenvalue weighted by Crippen LogP contribution is 2.32. The van der Waals surface area contributed by atoms with E-state index in [-0.39, 0.29) is 13.2 Å². The fourth-order valence-electron chi connectivity index (χ4n) is 1.56. The third-order valence-electron chi connectivity index (χ3n) is 2.55. The van der Waals surface area contributed by atoms with Crippen LogP contribution in [0.15, 0.2) is 18.2 Å². The van der Waals surface area contributed by atoms with Crippen LogP contribution in [0.2, 0.25) is 10.0 Å². The molecule has 1 N–H and O–H groups in total. The molecule has 0 radical (unpaired) electrons. The fraction of sp³-hybridized carbons (Fsp3) is 0.462. The van der Waals surface area contributed by atoms with Crippen molar-refractivity contribution in [3.63, 3.8) is 0 Å². The van der Waals surface area contributed by atoms with Gasteiger partial charge in [0.1, 0.15) is 12.7 Å². The second-order valence-corrected chi connectivity index (χ2v) is 4.82. The van der Waals surface area contributed by atoms with Crippen molar-refractivity contribution in [3.05, 3.63) is 28.2 Å². The third-order valence-corrected chi connectivity index (χ3v) is 3.14. The highest BCUT2D eigenvalue weighted by Gasteiger charge is 2.13. The molecule has 104 valence electrons. The normalized spacial score (nSPS) is 12.2. The van der Waals surface area contributed by atoms with Crippen molar-refractivity contribution < 1.29 is 9.84 Å². The molecule has 0 amide bonds. The molecule has 4 nitrogen and oxygen atoms in total. The number of nitriles is 1. The first kappa shape index (κ1) is 16.1. The van der Waals surface area contributed by atoms with Gasteiger partial charge in [0.25, 0.3) is 0 Å². The minimum Gasteiger partial charge on any atom is -0.488 e. The molecule has 0 saturated heterocycles. The van der Waals surface area contributed by atoms with Gasteiger partial charge in [-0.25, -0.2) is 0 Å². The Morgan fingerprint density at radius 2 is 2.05 bits per heavy atom. The zero-order valence-electron chi connectivity index (χ0n) is 10.6. The Morgan fingerprint density at radius 1 is 1.42 bits per heavy atom. The van der Waals surface area contributed by atoms with E-state index in [0.717, 1.165) is 0 Å². The maximum absolute atomic E-state index is 9.86. The maximum Gasteiger partial charge on any atom is 0.156 e. The van der Waals surface area contributed by atoms with Gasteiger partial charge in [-0.2, -0.15) is 5.26 Å². The lowest BCUT2D eigenvalue weighted by molar-refractivity contribution is 0.0741. The zero-order valence-corrected chi connectivity index (χ0v) is 12.2. The molecule has 0 aliphatic carbocycles. The first-order chi connectivity index (χ1) is 9.08. The van der Waals surface area contributed by atoms with Gasteiger partial charge in [0.05, 0.1) is 22.7 Å². The number of para-hydroxylation sites is 1. The summed E-state index contributed by atoms with van der Waals surface area (Å²) in [6.45, 7) is 3.34. The van der Waals surface area contributed by atoms with Crippen LogP contribution in [-0.2, 0) is 0 Å². The Hall–Kier alpha value is -0.990. The summed E-state index contributed by atoms with van der Waals surface area (Å²) in [5, 5.41) is 19.3. The van der Waals surface area contributed by atoms with Crippen LogP contribution >= 0.6 is 23.2 Å². The number of halogens is 2. The molecule has 0 aromatic heterocycles. The summed E-state index contributed by atoms with van der Waals surface area (Å²) in [7, 11) is 0. The molecule has 0 spiro atoms. The Bertz CT molecular complexity index is 429. The molecular weight excluding hydrogens is 287 g/mol. The molecule has 19 heavy (non-hydrogen) atoms. The second kappa shape index (κ2) is 8.23. The van der Waals surface area contributed by atoms with Crippen molar-refractivity contribution >= 4 is 23.2 Å². The summed E-state index contributed by atoms with van der Waals surface area (Å²) >= 11 is 11.9. The van der Waals surface area contributed by atoms with Gasteiger partial charge in [-0.3, -0.25) is 4.90 Å². The number of likely N-dealkylation sites (N-methyl/N-ethyl adjacent to an activating group) is 1. The van der Waals surface area contributed by atoms with Gasteiger partial charge in [0, 0.05) is 6.54 Å². The molecule has 0 aliphatic rings. The fourth-order valence-corrected chi connectivity index (χ4v) is 2.06. The summed E-state index contributed by atoms with van der Waals surface area (Å²) in [6, 6.07) is 7.11. The Kier molecular flexibility index (Phi) is 6.96. The second-order valence-electron chi connectivity index (χ2n) is 4.00. The first-order valence-electron chi connectivity index (χ1n) is 5.92. The third kappa shape index (κ3) is 5.25. The minimum absolute atomic E-state index is 0.0748. The Labute approximate surface area is 123 Å². The van der Waals surface area contributed by atoms with E-state index in [0.29, 0.717) is 28.9 Å². The van der Waals surface area contributed by atoms with E-state index in [1.54, 1.807) is 18.2 Å². The van der Waals surface area contributed by atoms with E-state index < -0.39 is 6.10 Å². The maximum atomic E-state index is 9.86. The van der Waals surface area contributed by atoms with Crippen molar-refractivity contribution in [1.29, 1.82) is 5.26 Å². The minimum atomic E-state index is -0.708. The number of nitrogens with zero attached hydrogens (tertiary/aromatic N) is 2. The number of aliphatic hydroxyl groups excluding tert-OH is 1. The largest absolute Gasteiger partial charge is 0.488 e. The van der Waals surface area contributed by atoms with Crippen molar-refractivity contribution in [2.75, 3.05) is 26.2 Å². The standard InChI is InChI=1S/C13H16Cl2N2O2/c1-2-17(7-6-16)8-10(18)9-19-13-11(14)4-3-5-12(13)15/h3-5,10,18H,2,7-9H2,1H3. The molecule has 1 unspecified atom stereocenters. The topological polar surface area (TPSA) is 56.5 Å². The number of hydrogen-bond acceptors (Lipinski definition) is 4. The van der Waals surface area contributed by atoms with Gasteiger partial charge in [-0.15, -0.1) is 0 Å². The highest BCUT2D eigenvalue weighted by molar-refractivity contribution is 6.37. The van der Waals surface area contributed by atoms with Crippen LogP contribution in [-0.4, -0.2) is 42.4 Å². The van der Waals surface area contributed by atoms with E-state index in [9.17, 15) is 5.11 Å². The predicted octanol–water partition coefficient (Wildman–Crippen LogP) is 2.58. The Balaban J connectivity index is 2.50. The molecule has 1 aromatic rings. The average Bonchev–Trinajstić information content (AvgIpc) is 2.37. The molecular formula is C13H16Cl2N2O2. The van der Waals surface area contributed by atoms with Crippen molar-refractivity contribution in [2.24, 2.45) is 0 Å². The monoisotopic (exact) mass is 302 g/mol. The van der Waals surface area contributed by atoms with Gasteiger partial charge in [-0.1, -0.05) is 36.2 Å². The predicted molar refractivity (Wildman–Crippen MR) is 75.7 cm³/mol. The molecule has 0 heterocycles. The van der Waals surface area contributed by atoms with Crippen molar-refractivity contribution in [1.82, 2.24) is 4.90 Å². The van der Waals surface area contributed by atoms with Crippen molar-refractivity contribution in [3.8, 4) is 11.8 Å². The molecule has 1 atom stereocenters. The van der Waals surface area contributed by atoms with Gasteiger partial charge in [0.2, 0.25) is 0 Å². The number of ether oxygens (including phenoxy) is 1. The van der Waals surface area contributed by atoms with Crippen LogP contribution in [0.1, 0.15) is 6.92 Å².